The highest BCUT2D eigenvalue weighted by Gasteiger charge is 2.65. The van der Waals surface area contributed by atoms with Gasteiger partial charge in [0, 0.05) is 0 Å². The Labute approximate surface area is 170 Å². The number of ether oxygens (including phenoxy) is 3. The first kappa shape index (κ1) is 20.5. The van der Waals surface area contributed by atoms with Gasteiger partial charge in [-0.3, -0.25) is 0 Å². The Morgan fingerprint density at radius 3 is 2.04 bits per heavy atom. The van der Waals surface area contributed by atoms with E-state index in [0.29, 0.717) is 5.56 Å². The zero-order valence-corrected chi connectivity index (χ0v) is 17.0. The molecule has 4 atom stereocenters. The highest BCUT2D eigenvalue weighted by Crippen LogP contribution is 2.47. The van der Waals surface area contributed by atoms with Crippen molar-refractivity contribution in [3.63, 3.8) is 0 Å². The first-order chi connectivity index (χ1) is 13.3. The summed E-state index contributed by atoms with van der Waals surface area (Å²) in [6.45, 7) is 2.45. The fourth-order valence-electron chi connectivity index (χ4n) is 2.94. The number of carbonyl (C=O) groups is 2. The van der Waals surface area contributed by atoms with Gasteiger partial charge in [0.05, 0.1) is 11.1 Å². The predicted molar refractivity (Wildman–Crippen MR) is 104 cm³/mol. The second-order valence-electron chi connectivity index (χ2n) is 6.84. The molecule has 2 aromatic rings. The van der Waals surface area contributed by atoms with Crippen LogP contribution in [0.25, 0.3) is 0 Å². The second-order valence-corrected chi connectivity index (χ2v) is 7.68. The second kappa shape index (κ2) is 8.01. The average molecular weight is 451 g/mol. The molecule has 0 unspecified atom stereocenters. The molecule has 1 fully saturated rings. The summed E-state index contributed by atoms with van der Waals surface area (Å²) in [4.78, 5) is 24.7. The van der Waals surface area contributed by atoms with Crippen molar-refractivity contribution in [2.75, 3.05) is 6.61 Å². The number of alkyl halides is 2. The molecule has 7 heteroatoms. The molecule has 0 amide bonds. The number of esters is 2. The minimum atomic E-state index is -2.05. The maximum absolute atomic E-state index is 15.4. The van der Waals surface area contributed by atoms with E-state index in [0.717, 1.165) is 0 Å². The van der Waals surface area contributed by atoms with Gasteiger partial charge in [-0.1, -0.05) is 52.3 Å². The molecule has 5 nitrogen and oxygen atoms in total. The van der Waals surface area contributed by atoms with Gasteiger partial charge >= 0.3 is 11.9 Å². The van der Waals surface area contributed by atoms with Gasteiger partial charge in [0.2, 0.25) is 0 Å². The largest absolute Gasteiger partial charge is 0.459 e. The maximum atomic E-state index is 15.4. The summed E-state index contributed by atoms with van der Waals surface area (Å²) in [7, 11) is 0. The van der Waals surface area contributed by atoms with E-state index >= 15 is 4.39 Å². The van der Waals surface area contributed by atoms with Gasteiger partial charge in [-0.2, -0.15) is 0 Å². The molecule has 3 rings (SSSR count). The zero-order valence-electron chi connectivity index (χ0n) is 15.4. The van der Waals surface area contributed by atoms with Crippen LogP contribution in [0.3, 0.4) is 0 Å². The van der Waals surface area contributed by atoms with E-state index in [1.165, 1.54) is 13.8 Å². The Balaban J connectivity index is 1.77. The van der Waals surface area contributed by atoms with Crippen LogP contribution < -0.4 is 0 Å². The van der Waals surface area contributed by atoms with Gasteiger partial charge in [-0.05, 0) is 38.1 Å². The van der Waals surface area contributed by atoms with E-state index < -0.39 is 34.3 Å². The summed E-state index contributed by atoms with van der Waals surface area (Å²) in [5.74, 6) is -1.25. The normalized spacial score (nSPS) is 29.3. The molecule has 0 bridgehead atoms. The van der Waals surface area contributed by atoms with Crippen molar-refractivity contribution in [2.24, 2.45) is 0 Å². The van der Waals surface area contributed by atoms with Crippen molar-refractivity contribution in [1.29, 1.82) is 0 Å². The van der Waals surface area contributed by atoms with E-state index in [1.807, 2.05) is 0 Å². The van der Waals surface area contributed by atoms with Crippen molar-refractivity contribution in [3.8, 4) is 0 Å². The first-order valence-electron chi connectivity index (χ1n) is 8.74. The van der Waals surface area contributed by atoms with Gasteiger partial charge in [0.15, 0.2) is 16.3 Å². The molecular formula is C21H20BrFO5. The van der Waals surface area contributed by atoms with Gasteiger partial charge < -0.3 is 14.2 Å². The molecule has 0 N–H and O–H groups in total. The topological polar surface area (TPSA) is 61.8 Å². The summed E-state index contributed by atoms with van der Waals surface area (Å²) >= 11 is 3.14. The molecule has 28 heavy (non-hydrogen) atoms. The van der Waals surface area contributed by atoms with Crippen LogP contribution in [0.15, 0.2) is 60.7 Å². The standard InChI is InChI=1S/C21H20BrFO5/c1-20(23)19(22)27-16(13-26-17(24)14-9-5-3-6-10-14)21(20,2)28-18(25)15-11-7-4-8-12-15/h3-12,16,19H,13H2,1-2H3/t16-,19+,20+,21-/m1/s1. The molecule has 0 radical (unpaired) electrons. The Bertz CT molecular complexity index is 842. The lowest BCUT2D eigenvalue weighted by Gasteiger charge is -2.36. The molecule has 0 saturated carbocycles. The minimum Gasteiger partial charge on any atom is -0.459 e. The van der Waals surface area contributed by atoms with Crippen LogP contribution in [0.2, 0.25) is 0 Å². The molecule has 1 aliphatic heterocycles. The monoisotopic (exact) mass is 450 g/mol. The SMILES string of the molecule is C[C@]1(F)[C@@H](Br)O[C@H](COC(=O)c2ccccc2)[C@@]1(C)OC(=O)c1ccccc1. The van der Waals surface area contributed by atoms with Crippen LogP contribution in [0.1, 0.15) is 34.6 Å². The van der Waals surface area contributed by atoms with Crippen molar-refractivity contribution >= 4 is 27.9 Å². The first-order valence-corrected chi connectivity index (χ1v) is 9.66. The summed E-state index contributed by atoms with van der Waals surface area (Å²) in [6, 6.07) is 16.7. The van der Waals surface area contributed by atoms with E-state index in [1.54, 1.807) is 60.7 Å². The summed E-state index contributed by atoms with van der Waals surface area (Å²) < 4.78 is 31.9. The van der Waals surface area contributed by atoms with Crippen LogP contribution in [0.4, 0.5) is 4.39 Å². The highest BCUT2D eigenvalue weighted by molar-refractivity contribution is 9.09. The molecule has 0 aliphatic carbocycles. The lowest BCUT2D eigenvalue weighted by Crippen LogP contribution is -2.55. The van der Waals surface area contributed by atoms with Crippen molar-refractivity contribution < 1.29 is 28.2 Å². The van der Waals surface area contributed by atoms with Crippen molar-refractivity contribution in [2.45, 2.75) is 36.2 Å². The summed E-state index contributed by atoms with van der Waals surface area (Å²) in [5, 5.41) is -1.03. The van der Waals surface area contributed by atoms with Gasteiger partial charge in [-0.15, -0.1) is 0 Å². The smallest absolute Gasteiger partial charge is 0.338 e. The fourth-order valence-corrected chi connectivity index (χ4v) is 3.66. The third-order valence-corrected chi connectivity index (χ3v) is 6.06. The predicted octanol–water partition coefficient (Wildman–Crippen LogP) is 4.31. The van der Waals surface area contributed by atoms with Gasteiger partial charge in [0.25, 0.3) is 0 Å². The molecule has 1 saturated heterocycles. The van der Waals surface area contributed by atoms with Crippen molar-refractivity contribution in [1.82, 2.24) is 0 Å². The Morgan fingerprint density at radius 1 is 1.00 bits per heavy atom. The van der Waals surface area contributed by atoms with Crippen LogP contribution in [-0.4, -0.2) is 40.9 Å². The lowest BCUT2D eigenvalue weighted by atomic mass is 9.86. The number of halogens is 2. The quantitative estimate of drug-likeness (QED) is 0.501. The van der Waals surface area contributed by atoms with Gasteiger partial charge in [-0.25, -0.2) is 14.0 Å². The molecule has 148 valence electrons. The number of benzene rings is 2. The van der Waals surface area contributed by atoms with Crippen molar-refractivity contribution in [3.05, 3.63) is 71.8 Å². The Morgan fingerprint density at radius 2 is 1.50 bits per heavy atom. The number of hydrogen-bond donors (Lipinski definition) is 0. The highest BCUT2D eigenvalue weighted by atomic mass is 79.9. The molecule has 0 spiro atoms. The fraction of sp³-hybridized carbons (Fsp3) is 0.333. The third-order valence-electron chi connectivity index (χ3n) is 4.98. The summed E-state index contributed by atoms with van der Waals surface area (Å²) in [5.41, 5.74) is -3.08. The Hall–Kier alpha value is -2.25. The summed E-state index contributed by atoms with van der Waals surface area (Å²) in [6.07, 6.45) is -0.993. The lowest BCUT2D eigenvalue weighted by molar-refractivity contribution is -0.104. The van der Waals surface area contributed by atoms with E-state index in [9.17, 15) is 9.59 Å². The van der Waals surface area contributed by atoms with Crippen LogP contribution in [0, 0.1) is 0 Å². The van der Waals surface area contributed by atoms with Crippen LogP contribution in [-0.2, 0) is 14.2 Å². The van der Waals surface area contributed by atoms with E-state index in [4.69, 9.17) is 14.2 Å². The molecule has 1 aliphatic rings. The maximum Gasteiger partial charge on any atom is 0.338 e. The minimum absolute atomic E-state index is 0.270. The molecular weight excluding hydrogens is 431 g/mol. The number of hydrogen-bond acceptors (Lipinski definition) is 5. The average Bonchev–Trinajstić information content (AvgIpc) is 2.87. The molecule has 0 aromatic heterocycles. The van der Waals surface area contributed by atoms with Gasteiger partial charge in [0.1, 0.15) is 12.7 Å². The molecule has 2 aromatic carbocycles. The van der Waals surface area contributed by atoms with Crippen LogP contribution >= 0.6 is 15.9 Å². The molecule has 1 heterocycles. The van der Waals surface area contributed by atoms with Crippen LogP contribution in [0.5, 0.6) is 0 Å². The van der Waals surface area contributed by atoms with E-state index in [-0.39, 0.29) is 12.2 Å². The number of rotatable bonds is 5. The van der Waals surface area contributed by atoms with E-state index in [2.05, 4.69) is 15.9 Å². The third kappa shape index (κ3) is 3.82. The zero-order chi connectivity index (χ0) is 20.4. The Kier molecular flexibility index (Phi) is 5.86. The number of carbonyl (C=O) groups excluding carboxylic acids is 2.